The monoisotopic (exact) mass is 276 g/mol. The predicted octanol–water partition coefficient (Wildman–Crippen LogP) is 3.28. The lowest BCUT2D eigenvalue weighted by molar-refractivity contribution is 0.166. The van der Waals surface area contributed by atoms with Crippen LogP contribution in [0.3, 0.4) is 0 Å². The molecule has 0 amide bonds. The van der Waals surface area contributed by atoms with Crippen molar-refractivity contribution in [1.29, 1.82) is 0 Å². The van der Waals surface area contributed by atoms with Crippen molar-refractivity contribution < 1.29 is 8.85 Å². The first-order valence-corrected chi connectivity index (χ1v) is 9.62. The van der Waals surface area contributed by atoms with Gasteiger partial charge in [0.25, 0.3) is 0 Å². The van der Waals surface area contributed by atoms with Crippen molar-refractivity contribution in [3.05, 3.63) is 29.8 Å². The van der Waals surface area contributed by atoms with Gasteiger partial charge in [-0.2, -0.15) is 0 Å². The Kier molecular flexibility index (Phi) is 4.06. The molecule has 1 unspecified atom stereocenters. The third-order valence-electron chi connectivity index (χ3n) is 4.58. The zero-order valence-corrected chi connectivity index (χ0v) is 12.9. The van der Waals surface area contributed by atoms with Crippen molar-refractivity contribution in [2.75, 3.05) is 13.2 Å². The third kappa shape index (κ3) is 2.39. The highest BCUT2D eigenvalue weighted by molar-refractivity contribution is 6.83. The molecule has 2 nitrogen and oxygen atoms in total. The van der Waals surface area contributed by atoms with Crippen molar-refractivity contribution in [1.82, 2.24) is 0 Å². The molecule has 1 aromatic carbocycles. The molecular weight excluding hydrogens is 252 g/mol. The van der Waals surface area contributed by atoms with Crippen molar-refractivity contribution in [2.45, 2.75) is 51.0 Å². The first-order valence-electron chi connectivity index (χ1n) is 7.73. The fourth-order valence-electron chi connectivity index (χ4n) is 3.74. The average molecular weight is 276 g/mol. The van der Waals surface area contributed by atoms with Crippen LogP contribution in [0, 0.1) is 0 Å². The van der Waals surface area contributed by atoms with E-state index >= 15 is 0 Å². The fourth-order valence-corrected chi connectivity index (χ4v) is 8.03. The molecule has 1 aliphatic heterocycles. The van der Waals surface area contributed by atoms with Gasteiger partial charge in [0.1, 0.15) is 0 Å². The van der Waals surface area contributed by atoms with Crippen LogP contribution < -0.4 is 5.19 Å². The third-order valence-corrected chi connectivity index (χ3v) is 8.82. The Labute approximate surface area is 117 Å². The van der Waals surface area contributed by atoms with Crippen molar-refractivity contribution in [3.63, 3.8) is 0 Å². The summed E-state index contributed by atoms with van der Waals surface area (Å²) in [5, 5.41) is 1.43. The molecule has 0 aromatic heterocycles. The summed E-state index contributed by atoms with van der Waals surface area (Å²) in [6, 6.07) is 8.83. The van der Waals surface area contributed by atoms with E-state index in [0.717, 1.165) is 19.6 Å². The van der Waals surface area contributed by atoms with Gasteiger partial charge in [-0.25, -0.2) is 0 Å². The van der Waals surface area contributed by atoms with Gasteiger partial charge in [0.05, 0.1) is 0 Å². The van der Waals surface area contributed by atoms with E-state index in [1.807, 2.05) is 0 Å². The summed E-state index contributed by atoms with van der Waals surface area (Å²) in [6.45, 7) is 3.73. The lowest BCUT2D eigenvalue weighted by atomic mass is 10.0. The molecule has 3 heteroatoms. The lowest BCUT2D eigenvalue weighted by Crippen LogP contribution is -2.61. The molecule has 0 bridgehead atoms. The number of benzene rings is 1. The average Bonchev–Trinajstić information content (AvgIpc) is 2.49. The first-order chi connectivity index (χ1) is 9.37. The van der Waals surface area contributed by atoms with E-state index < -0.39 is 8.56 Å². The number of rotatable bonds is 3. The zero-order chi connectivity index (χ0) is 13.1. The van der Waals surface area contributed by atoms with Crippen LogP contribution in [0.5, 0.6) is 0 Å². The van der Waals surface area contributed by atoms with E-state index in [4.69, 9.17) is 8.85 Å². The van der Waals surface area contributed by atoms with Crippen LogP contribution in [0.15, 0.2) is 24.3 Å². The van der Waals surface area contributed by atoms with E-state index in [1.165, 1.54) is 42.9 Å². The van der Waals surface area contributed by atoms with Crippen molar-refractivity contribution in [2.24, 2.45) is 0 Å². The summed E-state index contributed by atoms with van der Waals surface area (Å²) < 4.78 is 12.7. The Morgan fingerprint density at radius 2 is 2.00 bits per heavy atom. The summed E-state index contributed by atoms with van der Waals surface area (Å²) in [5.74, 6) is 0. The van der Waals surface area contributed by atoms with Crippen LogP contribution in [0.4, 0.5) is 0 Å². The molecule has 0 N–H and O–H groups in total. The van der Waals surface area contributed by atoms with Gasteiger partial charge in [-0.1, -0.05) is 43.5 Å². The summed E-state index contributed by atoms with van der Waals surface area (Å²) >= 11 is 0. The maximum absolute atomic E-state index is 6.39. The molecule has 2 aliphatic rings. The van der Waals surface area contributed by atoms with Gasteiger partial charge in [-0.15, -0.1) is 0 Å². The van der Waals surface area contributed by atoms with Crippen LogP contribution in [0.25, 0.3) is 0 Å². The van der Waals surface area contributed by atoms with Crippen molar-refractivity contribution >= 4 is 13.7 Å². The summed E-state index contributed by atoms with van der Waals surface area (Å²) in [5.41, 5.74) is 2.13. The molecule has 1 fully saturated rings. The zero-order valence-electron chi connectivity index (χ0n) is 11.9. The molecule has 1 aromatic rings. The smallest absolute Gasteiger partial charge is 0.376 e. The molecule has 1 heterocycles. The number of fused-ring (bicyclic) bond motifs is 1. The van der Waals surface area contributed by atoms with Crippen LogP contribution in [0.1, 0.15) is 44.6 Å². The quantitative estimate of drug-likeness (QED) is 0.789. The Balaban J connectivity index is 2.00. The highest BCUT2D eigenvalue weighted by Gasteiger charge is 2.50. The fraction of sp³-hybridized carbons (Fsp3) is 0.625. The molecule has 19 heavy (non-hydrogen) atoms. The number of hydrogen-bond donors (Lipinski definition) is 0. The predicted molar refractivity (Wildman–Crippen MR) is 79.9 cm³/mol. The molecule has 0 spiro atoms. The van der Waals surface area contributed by atoms with Crippen molar-refractivity contribution in [3.8, 4) is 0 Å². The molecule has 1 saturated carbocycles. The minimum atomic E-state index is -2.20. The van der Waals surface area contributed by atoms with Gasteiger partial charge in [0.2, 0.25) is 0 Å². The summed E-state index contributed by atoms with van der Waals surface area (Å²) in [6.07, 6.45) is 7.70. The van der Waals surface area contributed by atoms with E-state index in [9.17, 15) is 0 Å². The van der Waals surface area contributed by atoms with Crippen LogP contribution in [-0.2, 0) is 15.3 Å². The lowest BCUT2D eigenvalue weighted by Gasteiger charge is -2.42. The Morgan fingerprint density at radius 3 is 2.79 bits per heavy atom. The molecule has 0 radical (unpaired) electrons. The Bertz CT molecular complexity index is 429. The van der Waals surface area contributed by atoms with Gasteiger partial charge in [0, 0.05) is 18.8 Å². The minimum Gasteiger partial charge on any atom is -0.391 e. The van der Waals surface area contributed by atoms with Gasteiger partial charge in [0.15, 0.2) is 0 Å². The van der Waals surface area contributed by atoms with Gasteiger partial charge >= 0.3 is 8.56 Å². The van der Waals surface area contributed by atoms with Crippen LogP contribution in [-0.4, -0.2) is 21.8 Å². The highest BCUT2D eigenvalue weighted by Crippen LogP contribution is 2.39. The highest BCUT2D eigenvalue weighted by atomic mass is 28.4. The van der Waals surface area contributed by atoms with Gasteiger partial charge < -0.3 is 8.85 Å². The largest absolute Gasteiger partial charge is 0.391 e. The van der Waals surface area contributed by atoms with E-state index in [2.05, 4.69) is 31.2 Å². The second-order valence-corrected chi connectivity index (χ2v) is 8.96. The standard InChI is InChI=1S/C16H24O2Si/c1-2-17-19(15-9-4-3-5-10-15)16-11-7-6-8-14(16)12-13-18-19/h6-8,11,15H,2-5,9-10,12-13H2,1H3. The normalized spacial score (nSPS) is 28.1. The van der Waals surface area contributed by atoms with Gasteiger partial charge in [-0.05, 0) is 36.9 Å². The molecule has 0 saturated heterocycles. The number of hydrogen-bond acceptors (Lipinski definition) is 2. The molecule has 104 valence electrons. The summed E-state index contributed by atoms with van der Waals surface area (Å²) in [7, 11) is -2.20. The van der Waals surface area contributed by atoms with Crippen LogP contribution in [0.2, 0.25) is 5.54 Å². The molecule has 1 aliphatic carbocycles. The van der Waals surface area contributed by atoms with Gasteiger partial charge in [-0.3, -0.25) is 0 Å². The molecule has 3 rings (SSSR count). The maximum atomic E-state index is 6.39. The first kappa shape index (κ1) is 13.3. The summed E-state index contributed by atoms with van der Waals surface area (Å²) in [4.78, 5) is 0. The molecular formula is C16H24O2Si. The van der Waals surface area contributed by atoms with E-state index in [1.54, 1.807) is 0 Å². The minimum absolute atomic E-state index is 0.655. The van der Waals surface area contributed by atoms with Crippen LogP contribution >= 0.6 is 0 Å². The second kappa shape index (κ2) is 5.78. The topological polar surface area (TPSA) is 18.5 Å². The van der Waals surface area contributed by atoms with E-state index in [-0.39, 0.29) is 0 Å². The molecule has 1 atom stereocenters. The second-order valence-electron chi connectivity index (χ2n) is 5.69. The Morgan fingerprint density at radius 1 is 1.21 bits per heavy atom. The SMILES string of the molecule is CCO[Si]1(C2CCCCC2)OCCc2ccccc21. The Hall–Kier alpha value is -0.643. The van der Waals surface area contributed by atoms with E-state index in [0.29, 0.717) is 5.54 Å². The maximum Gasteiger partial charge on any atom is 0.376 e.